The van der Waals surface area contributed by atoms with E-state index in [0.717, 1.165) is 16.7 Å². The van der Waals surface area contributed by atoms with E-state index >= 15 is 0 Å². The van der Waals surface area contributed by atoms with Crippen LogP contribution in [0.25, 0.3) is 10.9 Å². The molecule has 0 saturated heterocycles. The predicted molar refractivity (Wildman–Crippen MR) is 114 cm³/mol. The van der Waals surface area contributed by atoms with E-state index < -0.39 is 11.9 Å². The fourth-order valence-electron chi connectivity index (χ4n) is 4.08. The van der Waals surface area contributed by atoms with Gasteiger partial charge in [-0.25, -0.2) is 4.98 Å². The van der Waals surface area contributed by atoms with Gasteiger partial charge in [-0.1, -0.05) is 36.4 Å². The summed E-state index contributed by atoms with van der Waals surface area (Å²) in [4.78, 5) is 43.5. The Morgan fingerprint density at radius 2 is 1.90 bits per heavy atom. The van der Waals surface area contributed by atoms with Gasteiger partial charge in [-0.05, 0) is 36.1 Å². The number of amides is 2. The van der Waals surface area contributed by atoms with Gasteiger partial charge in [-0.3, -0.25) is 19.0 Å². The third-order valence-corrected chi connectivity index (χ3v) is 5.74. The number of carbonyl (C=O) groups excluding carboxylic acids is 2. The van der Waals surface area contributed by atoms with E-state index in [1.54, 1.807) is 11.0 Å². The lowest BCUT2D eigenvalue weighted by Crippen LogP contribution is -2.51. The molecule has 154 valence electrons. The Hall–Kier alpha value is -3.48. The molecule has 2 heterocycles. The summed E-state index contributed by atoms with van der Waals surface area (Å²) < 4.78 is 1.53. The molecule has 0 radical (unpaired) electrons. The zero-order valence-electron chi connectivity index (χ0n) is 16.9. The summed E-state index contributed by atoms with van der Waals surface area (Å²) in [5, 5.41) is 0.574. The summed E-state index contributed by atoms with van der Waals surface area (Å²) in [7, 11) is 0. The SMILES string of the molecule is Cc1cccc2c(=O)n(CCCC(=O)N3Cc4ccccc4C[C@H]3C(N)=O)cnc12. The highest BCUT2D eigenvalue weighted by Gasteiger charge is 2.32. The number of benzene rings is 2. The maximum atomic E-state index is 12.9. The van der Waals surface area contributed by atoms with Crippen molar-refractivity contribution in [1.82, 2.24) is 14.5 Å². The van der Waals surface area contributed by atoms with Crippen LogP contribution in [0, 0.1) is 6.92 Å². The van der Waals surface area contributed by atoms with E-state index in [-0.39, 0.29) is 17.9 Å². The van der Waals surface area contributed by atoms with Crippen LogP contribution < -0.4 is 11.3 Å². The van der Waals surface area contributed by atoms with Crippen molar-refractivity contribution in [3.05, 3.63) is 75.8 Å². The van der Waals surface area contributed by atoms with Crippen molar-refractivity contribution >= 4 is 22.7 Å². The minimum atomic E-state index is -0.638. The standard InChI is InChI=1S/C23H24N4O3/c1-15-6-4-9-18-21(15)25-14-26(23(18)30)11-5-10-20(28)27-13-17-8-3-2-7-16(17)12-19(27)22(24)29/h2-4,6-9,14,19H,5,10-13H2,1H3,(H2,24,29)/t19-/m0/s1. The number of hydrogen-bond acceptors (Lipinski definition) is 4. The van der Waals surface area contributed by atoms with Crippen molar-refractivity contribution in [2.24, 2.45) is 5.73 Å². The molecule has 2 amide bonds. The predicted octanol–water partition coefficient (Wildman–Crippen LogP) is 1.92. The van der Waals surface area contributed by atoms with Gasteiger partial charge in [0.15, 0.2) is 0 Å². The number of para-hydroxylation sites is 1. The number of rotatable bonds is 5. The second-order valence-electron chi connectivity index (χ2n) is 7.73. The minimum Gasteiger partial charge on any atom is -0.368 e. The Morgan fingerprint density at radius 1 is 1.13 bits per heavy atom. The second kappa shape index (κ2) is 8.10. The van der Waals surface area contributed by atoms with Crippen molar-refractivity contribution in [1.29, 1.82) is 0 Å². The van der Waals surface area contributed by atoms with E-state index in [1.807, 2.05) is 43.3 Å². The highest BCUT2D eigenvalue weighted by molar-refractivity contribution is 5.87. The molecule has 0 aliphatic carbocycles. The van der Waals surface area contributed by atoms with Crippen LogP contribution in [0.1, 0.15) is 29.5 Å². The first kappa shape index (κ1) is 19.8. The Bertz CT molecular complexity index is 1180. The summed E-state index contributed by atoms with van der Waals surface area (Å²) in [6.07, 6.45) is 2.67. The van der Waals surface area contributed by atoms with E-state index in [4.69, 9.17) is 5.73 Å². The number of primary amides is 1. The lowest BCUT2D eigenvalue weighted by Gasteiger charge is -2.35. The zero-order chi connectivity index (χ0) is 21.3. The number of hydrogen-bond donors (Lipinski definition) is 1. The van der Waals surface area contributed by atoms with Crippen LogP contribution in [0.15, 0.2) is 53.6 Å². The fraction of sp³-hybridized carbons (Fsp3) is 0.304. The van der Waals surface area contributed by atoms with Crippen LogP contribution in [-0.2, 0) is 29.1 Å². The first-order chi connectivity index (χ1) is 14.5. The first-order valence-electron chi connectivity index (χ1n) is 10.1. The number of nitrogens with two attached hydrogens (primary N) is 1. The van der Waals surface area contributed by atoms with Crippen LogP contribution in [0.4, 0.5) is 0 Å². The Morgan fingerprint density at radius 3 is 2.67 bits per heavy atom. The normalized spacial score (nSPS) is 15.8. The van der Waals surface area contributed by atoms with E-state index in [0.29, 0.717) is 36.8 Å². The minimum absolute atomic E-state index is 0.113. The first-order valence-corrected chi connectivity index (χ1v) is 10.1. The molecule has 0 spiro atoms. The fourth-order valence-corrected chi connectivity index (χ4v) is 4.08. The Balaban J connectivity index is 1.46. The molecule has 2 aromatic carbocycles. The summed E-state index contributed by atoms with van der Waals surface area (Å²) in [5.74, 6) is -0.630. The molecule has 1 aliphatic rings. The van der Waals surface area contributed by atoms with Crippen LogP contribution in [0.5, 0.6) is 0 Å². The molecule has 1 atom stereocenters. The van der Waals surface area contributed by atoms with Gasteiger partial charge >= 0.3 is 0 Å². The van der Waals surface area contributed by atoms with Crippen molar-refractivity contribution in [2.75, 3.05) is 0 Å². The van der Waals surface area contributed by atoms with Crippen LogP contribution in [0.2, 0.25) is 0 Å². The molecule has 30 heavy (non-hydrogen) atoms. The summed E-state index contributed by atoms with van der Waals surface area (Å²) in [6.45, 7) is 2.68. The van der Waals surface area contributed by atoms with Crippen molar-refractivity contribution in [3.63, 3.8) is 0 Å². The van der Waals surface area contributed by atoms with Crippen molar-refractivity contribution in [2.45, 2.75) is 45.3 Å². The Labute approximate surface area is 174 Å². The molecule has 3 aromatic rings. The van der Waals surface area contributed by atoms with E-state index in [9.17, 15) is 14.4 Å². The monoisotopic (exact) mass is 404 g/mol. The average molecular weight is 404 g/mol. The number of carbonyl (C=O) groups is 2. The number of aryl methyl sites for hydroxylation is 2. The van der Waals surface area contributed by atoms with Gasteiger partial charge in [0.25, 0.3) is 5.56 Å². The van der Waals surface area contributed by atoms with E-state index in [2.05, 4.69) is 4.98 Å². The van der Waals surface area contributed by atoms with Gasteiger partial charge in [0.2, 0.25) is 11.8 Å². The Kier molecular flexibility index (Phi) is 5.35. The lowest BCUT2D eigenvalue weighted by atomic mass is 9.93. The highest BCUT2D eigenvalue weighted by atomic mass is 16.2. The maximum Gasteiger partial charge on any atom is 0.261 e. The number of fused-ring (bicyclic) bond motifs is 2. The van der Waals surface area contributed by atoms with Gasteiger partial charge in [0, 0.05) is 25.9 Å². The van der Waals surface area contributed by atoms with Gasteiger partial charge < -0.3 is 10.6 Å². The average Bonchev–Trinajstić information content (AvgIpc) is 2.74. The second-order valence-corrected chi connectivity index (χ2v) is 7.73. The molecule has 7 nitrogen and oxygen atoms in total. The quantitative estimate of drug-likeness (QED) is 0.702. The third-order valence-electron chi connectivity index (χ3n) is 5.74. The molecule has 0 unspecified atom stereocenters. The van der Waals surface area contributed by atoms with Crippen molar-refractivity contribution in [3.8, 4) is 0 Å². The summed E-state index contributed by atoms with van der Waals surface area (Å²) in [6, 6.07) is 12.7. The van der Waals surface area contributed by atoms with Crippen LogP contribution in [-0.4, -0.2) is 32.3 Å². The highest BCUT2D eigenvalue weighted by Crippen LogP contribution is 2.24. The molecule has 0 saturated carbocycles. The van der Waals surface area contributed by atoms with Gasteiger partial charge in [0.05, 0.1) is 17.2 Å². The lowest BCUT2D eigenvalue weighted by molar-refractivity contribution is -0.140. The van der Waals surface area contributed by atoms with Crippen LogP contribution >= 0.6 is 0 Å². The van der Waals surface area contributed by atoms with E-state index in [1.165, 1.54) is 10.9 Å². The molecular weight excluding hydrogens is 380 g/mol. The molecular formula is C23H24N4O3. The number of nitrogens with zero attached hydrogens (tertiary/aromatic N) is 3. The summed E-state index contributed by atoms with van der Waals surface area (Å²) >= 11 is 0. The largest absolute Gasteiger partial charge is 0.368 e. The third kappa shape index (κ3) is 3.70. The van der Waals surface area contributed by atoms with Crippen LogP contribution in [0.3, 0.4) is 0 Å². The molecule has 2 N–H and O–H groups in total. The maximum absolute atomic E-state index is 12.9. The van der Waals surface area contributed by atoms with Crippen molar-refractivity contribution < 1.29 is 9.59 Å². The molecule has 1 aliphatic heterocycles. The summed E-state index contributed by atoms with van der Waals surface area (Å²) in [5.41, 5.74) is 9.20. The molecule has 0 fully saturated rings. The smallest absolute Gasteiger partial charge is 0.261 e. The van der Waals surface area contributed by atoms with Gasteiger partial charge in [0.1, 0.15) is 6.04 Å². The topological polar surface area (TPSA) is 98.3 Å². The molecule has 7 heteroatoms. The molecule has 0 bridgehead atoms. The molecule has 4 rings (SSSR count). The number of aromatic nitrogens is 2. The molecule has 1 aromatic heterocycles. The van der Waals surface area contributed by atoms with Gasteiger partial charge in [-0.15, -0.1) is 0 Å². The van der Waals surface area contributed by atoms with Gasteiger partial charge in [-0.2, -0.15) is 0 Å². The zero-order valence-corrected chi connectivity index (χ0v) is 16.9.